The average molecular weight is 363 g/mol. The van der Waals surface area contributed by atoms with E-state index in [2.05, 4.69) is 17.4 Å². The maximum absolute atomic E-state index is 12.0. The fourth-order valence-corrected chi connectivity index (χ4v) is 3.35. The van der Waals surface area contributed by atoms with Crippen molar-refractivity contribution < 1.29 is 19.1 Å². The van der Waals surface area contributed by atoms with Gasteiger partial charge in [-0.3, -0.25) is 4.79 Å². The maximum atomic E-state index is 12.0. The van der Waals surface area contributed by atoms with Crippen molar-refractivity contribution in [3.63, 3.8) is 0 Å². The molecular formula is C21H17NO5. The Morgan fingerprint density at radius 3 is 2.33 bits per heavy atom. The number of carbonyl (C=O) groups is 1. The molecule has 1 aromatic heterocycles. The van der Waals surface area contributed by atoms with E-state index < -0.39 is 17.3 Å². The van der Waals surface area contributed by atoms with E-state index in [1.807, 2.05) is 36.4 Å². The third-order valence-corrected chi connectivity index (χ3v) is 4.62. The van der Waals surface area contributed by atoms with Crippen LogP contribution in [-0.2, 0) is 11.3 Å². The number of hydrogen-bond acceptors (Lipinski definition) is 5. The first-order chi connectivity index (χ1) is 13.1. The number of nitrogens with one attached hydrogen (secondary N) is 1. The van der Waals surface area contributed by atoms with Gasteiger partial charge in [0.15, 0.2) is 5.75 Å². The number of hydrogen-bond donors (Lipinski definition) is 2. The normalized spacial score (nSPS) is 12.3. The van der Waals surface area contributed by atoms with Gasteiger partial charge in [0.1, 0.15) is 18.6 Å². The Morgan fingerprint density at radius 2 is 1.70 bits per heavy atom. The van der Waals surface area contributed by atoms with Crippen LogP contribution < -0.4 is 10.7 Å². The van der Waals surface area contributed by atoms with E-state index in [4.69, 9.17) is 14.3 Å². The van der Waals surface area contributed by atoms with Crippen LogP contribution >= 0.6 is 0 Å². The van der Waals surface area contributed by atoms with Crippen molar-refractivity contribution in [1.29, 1.82) is 0 Å². The van der Waals surface area contributed by atoms with Crippen molar-refractivity contribution in [1.82, 2.24) is 5.32 Å². The minimum absolute atomic E-state index is 0.00774. The van der Waals surface area contributed by atoms with Crippen LogP contribution in [0.2, 0.25) is 0 Å². The van der Waals surface area contributed by atoms with Gasteiger partial charge in [-0.05, 0) is 22.3 Å². The summed E-state index contributed by atoms with van der Waals surface area (Å²) >= 11 is 0. The standard InChI is InChI=1S/C21H17NO5/c23-19-9-13(26-12-20(19)24)10-22-21(25)27-11-18-16-7-3-1-5-14(16)15-6-2-4-8-17(15)18/h1-9,12,18,24H,10-11H2,(H,22,25). The van der Waals surface area contributed by atoms with E-state index in [0.717, 1.165) is 34.6 Å². The van der Waals surface area contributed by atoms with Crippen molar-refractivity contribution in [2.75, 3.05) is 6.61 Å². The van der Waals surface area contributed by atoms with Gasteiger partial charge in [0.25, 0.3) is 0 Å². The zero-order chi connectivity index (χ0) is 18.8. The zero-order valence-corrected chi connectivity index (χ0v) is 14.3. The highest BCUT2D eigenvalue weighted by atomic mass is 16.5. The van der Waals surface area contributed by atoms with E-state index >= 15 is 0 Å². The SMILES string of the molecule is O=C(NCc1cc(=O)c(O)co1)OCC1c2ccccc2-c2ccccc21. The number of ether oxygens (including phenoxy) is 1. The first-order valence-corrected chi connectivity index (χ1v) is 8.53. The molecule has 2 aromatic carbocycles. The summed E-state index contributed by atoms with van der Waals surface area (Å²) in [5, 5.41) is 11.7. The molecule has 1 heterocycles. The van der Waals surface area contributed by atoms with E-state index in [1.165, 1.54) is 0 Å². The van der Waals surface area contributed by atoms with Gasteiger partial charge in [0, 0.05) is 12.0 Å². The molecule has 27 heavy (non-hydrogen) atoms. The molecule has 1 aliphatic carbocycles. The van der Waals surface area contributed by atoms with Crippen LogP contribution in [0.5, 0.6) is 5.75 Å². The Morgan fingerprint density at radius 1 is 1.07 bits per heavy atom. The summed E-state index contributed by atoms with van der Waals surface area (Å²) in [5.74, 6) is -0.263. The third-order valence-electron chi connectivity index (χ3n) is 4.62. The average Bonchev–Trinajstić information content (AvgIpc) is 3.01. The monoisotopic (exact) mass is 363 g/mol. The molecule has 0 spiro atoms. The number of alkyl carbamates (subject to hydrolysis) is 1. The summed E-state index contributed by atoms with van der Waals surface area (Å²) in [6.07, 6.45) is 0.337. The van der Waals surface area contributed by atoms with Gasteiger partial charge in [0.2, 0.25) is 5.43 Å². The molecule has 4 rings (SSSR count). The summed E-state index contributed by atoms with van der Waals surface area (Å²) < 4.78 is 10.4. The molecule has 1 amide bonds. The summed E-state index contributed by atoms with van der Waals surface area (Å²) in [6, 6.07) is 17.3. The lowest BCUT2D eigenvalue weighted by Crippen LogP contribution is -2.26. The largest absolute Gasteiger partial charge is 0.502 e. The van der Waals surface area contributed by atoms with Crippen LogP contribution in [0, 0.1) is 0 Å². The number of aromatic hydroxyl groups is 1. The minimum atomic E-state index is -0.604. The second kappa shape index (κ2) is 6.99. The number of amides is 1. The van der Waals surface area contributed by atoms with Crippen molar-refractivity contribution in [3.8, 4) is 16.9 Å². The lowest BCUT2D eigenvalue weighted by atomic mass is 9.98. The van der Waals surface area contributed by atoms with Crippen LogP contribution in [0.15, 0.2) is 70.1 Å². The molecular weight excluding hydrogens is 346 g/mol. The molecule has 0 atom stereocenters. The molecule has 1 aliphatic rings. The molecule has 136 valence electrons. The number of rotatable bonds is 4. The van der Waals surface area contributed by atoms with Crippen molar-refractivity contribution in [3.05, 3.63) is 88.0 Å². The Bertz CT molecular complexity index is 1010. The Labute approximate surface area is 155 Å². The fourth-order valence-electron chi connectivity index (χ4n) is 3.35. The molecule has 2 N–H and O–H groups in total. The zero-order valence-electron chi connectivity index (χ0n) is 14.3. The van der Waals surface area contributed by atoms with Crippen LogP contribution in [0.25, 0.3) is 11.1 Å². The topological polar surface area (TPSA) is 88.8 Å². The smallest absolute Gasteiger partial charge is 0.407 e. The molecule has 6 heteroatoms. The Kier molecular flexibility index (Phi) is 4.38. The van der Waals surface area contributed by atoms with E-state index in [9.17, 15) is 9.59 Å². The molecule has 0 unspecified atom stereocenters. The molecule has 0 radical (unpaired) electrons. The summed E-state index contributed by atoms with van der Waals surface area (Å²) in [7, 11) is 0. The first-order valence-electron chi connectivity index (χ1n) is 8.53. The van der Waals surface area contributed by atoms with Crippen LogP contribution in [0.1, 0.15) is 22.8 Å². The number of carbonyl (C=O) groups excluding carboxylic acids is 1. The van der Waals surface area contributed by atoms with Crippen LogP contribution in [0.3, 0.4) is 0 Å². The molecule has 0 fully saturated rings. The maximum Gasteiger partial charge on any atom is 0.407 e. The number of benzene rings is 2. The lowest BCUT2D eigenvalue weighted by Gasteiger charge is -2.14. The van der Waals surface area contributed by atoms with Crippen molar-refractivity contribution >= 4 is 6.09 Å². The summed E-state index contributed by atoms with van der Waals surface area (Å²) in [4.78, 5) is 23.4. The quantitative estimate of drug-likeness (QED) is 0.742. The van der Waals surface area contributed by atoms with E-state index in [1.54, 1.807) is 0 Å². The molecule has 6 nitrogen and oxygen atoms in total. The predicted octanol–water partition coefficient (Wildman–Crippen LogP) is 3.38. The van der Waals surface area contributed by atoms with Gasteiger partial charge in [-0.15, -0.1) is 0 Å². The highest BCUT2D eigenvalue weighted by Gasteiger charge is 2.28. The highest BCUT2D eigenvalue weighted by Crippen LogP contribution is 2.44. The molecule has 0 saturated carbocycles. The molecule has 3 aromatic rings. The molecule has 0 bridgehead atoms. The van der Waals surface area contributed by atoms with Gasteiger partial charge in [-0.25, -0.2) is 4.79 Å². The predicted molar refractivity (Wildman–Crippen MR) is 98.6 cm³/mol. The first kappa shape index (κ1) is 16.9. The lowest BCUT2D eigenvalue weighted by molar-refractivity contribution is 0.141. The van der Waals surface area contributed by atoms with E-state index in [-0.39, 0.29) is 24.8 Å². The van der Waals surface area contributed by atoms with Gasteiger partial charge in [-0.2, -0.15) is 0 Å². The Hall–Kier alpha value is -3.54. The summed E-state index contributed by atoms with van der Waals surface area (Å²) in [6.45, 7) is 0.200. The van der Waals surface area contributed by atoms with Crippen molar-refractivity contribution in [2.45, 2.75) is 12.5 Å². The fraction of sp³-hybridized carbons (Fsp3) is 0.143. The third kappa shape index (κ3) is 3.29. The van der Waals surface area contributed by atoms with Crippen molar-refractivity contribution in [2.24, 2.45) is 0 Å². The second-order valence-electron chi connectivity index (χ2n) is 6.27. The van der Waals surface area contributed by atoms with Crippen LogP contribution in [0.4, 0.5) is 4.79 Å². The highest BCUT2D eigenvalue weighted by molar-refractivity contribution is 5.79. The summed E-state index contributed by atoms with van der Waals surface area (Å²) in [5.41, 5.74) is 4.03. The van der Waals surface area contributed by atoms with E-state index in [0.29, 0.717) is 0 Å². The second-order valence-corrected chi connectivity index (χ2v) is 6.27. The van der Waals surface area contributed by atoms with Gasteiger partial charge in [-0.1, -0.05) is 48.5 Å². The molecule has 0 saturated heterocycles. The Balaban J connectivity index is 1.42. The van der Waals surface area contributed by atoms with Gasteiger partial charge in [0.05, 0.1) is 6.54 Å². The minimum Gasteiger partial charge on any atom is -0.502 e. The van der Waals surface area contributed by atoms with Crippen LogP contribution in [-0.4, -0.2) is 17.8 Å². The van der Waals surface area contributed by atoms with Gasteiger partial charge < -0.3 is 19.6 Å². The number of fused-ring (bicyclic) bond motifs is 3. The van der Waals surface area contributed by atoms with Gasteiger partial charge >= 0.3 is 6.09 Å². The molecule has 0 aliphatic heterocycles.